The van der Waals surface area contributed by atoms with E-state index in [1.165, 1.54) is 6.07 Å². The highest BCUT2D eigenvalue weighted by Crippen LogP contribution is 2.42. The number of nitrogens with zero attached hydrogens (tertiary/aromatic N) is 1. The van der Waals surface area contributed by atoms with E-state index in [0.717, 1.165) is 16.8 Å². The summed E-state index contributed by atoms with van der Waals surface area (Å²) in [7, 11) is -3.12. The van der Waals surface area contributed by atoms with E-state index < -0.39 is 38.0 Å². The third-order valence-electron chi connectivity index (χ3n) is 10.3. The molecule has 1 aliphatic rings. The van der Waals surface area contributed by atoms with Crippen LogP contribution < -0.4 is 5.46 Å². The molecular formula is C40H46BF2NO2Si. The maximum atomic E-state index is 16.1. The van der Waals surface area contributed by atoms with Gasteiger partial charge in [0.1, 0.15) is 8.07 Å². The van der Waals surface area contributed by atoms with Crippen LogP contribution in [0.3, 0.4) is 0 Å². The number of aliphatic imine (C=N–C) groups is 1. The van der Waals surface area contributed by atoms with Crippen molar-refractivity contribution in [2.45, 2.75) is 97.1 Å². The average molecular weight is 650 g/mol. The van der Waals surface area contributed by atoms with Gasteiger partial charge < -0.3 is 9.31 Å². The molecule has 1 heterocycles. The van der Waals surface area contributed by atoms with Crippen LogP contribution in [-0.4, -0.2) is 32.1 Å². The Morgan fingerprint density at radius 3 is 1.70 bits per heavy atom. The Balaban J connectivity index is 1.84. The summed E-state index contributed by atoms with van der Waals surface area (Å²) in [4.78, 5) is 5.15. The summed E-state index contributed by atoms with van der Waals surface area (Å²) in [5.41, 5.74) is 7.14. The van der Waals surface area contributed by atoms with Gasteiger partial charge in [-0.1, -0.05) is 108 Å². The van der Waals surface area contributed by atoms with Crippen molar-refractivity contribution in [3.05, 3.63) is 107 Å². The van der Waals surface area contributed by atoms with Gasteiger partial charge in [0.25, 0.3) is 0 Å². The van der Waals surface area contributed by atoms with Crippen LogP contribution in [0.2, 0.25) is 16.6 Å². The smallest absolute Gasteiger partial charge is 0.399 e. The third-order valence-corrected chi connectivity index (χ3v) is 16.5. The standard InChI is InChI=1S/C40H46BF2NO2Si/c1-26(2)47(27(3)4,28(5)6)22-21-33-36-31(24-35(42)37(33)43)23-32(25-34(36)41-45-39(7,8)40(9,10)46-41)44-38(29-17-13-11-14-18-29)30-19-15-12-16-20-30/h11-20,23-28H,1-10H3. The molecule has 47 heavy (non-hydrogen) atoms. The van der Waals surface area contributed by atoms with Crippen LogP contribution >= 0.6 is 0 Å². The van der Waals surface area contributed by atoms with Gasteiger partial charge in [-0.3, -0.25) is 0 Å². The fourth-order valence-corrected chi connectivity index (χ4v) is 12.3. The van der Waals surface area contributed by atoms with Crippen LogP contribution in [0, 0.1) is 23.1 Å². The molecule has 0 radical (unpaired) electrons. The molecule has 0 spiro atoms. The average Bonchev–Trinajstić information content (AvgIpc) is 3.23. The maximum Gasteiger partial charge on any atom is 0.495 e. The number of benzene rings is 4. The zero-order valence-electron chi connectivity index (χ0n) is 29.3. The lowest BCUT2D eigenvalue weighted by Crippen LogP contribution is -2.43. The van der Waals surface area contributed by atoms with Crippen LogP contribution in [0.5, 0.6) is 0 Å². The lowest BCUT2D eigenvalue weighted by molar-refractivity contribution is 0.00578. The Morgan fingerprint density at radius 2 is 1.23 bits per heavy atom. The molecule has 244 valence electrons. The summed E-state index contributed by atoms with van der Waals surface area (Å²) in [6, 6.07) is 24.8. The zero-order valence-corrected chi connectivity index (χ0v) is 30.3. The van der Waals surface area contributed by atoms with Gasteiger partial charge in [-0.15, -0.1) is 5.54 Å². The number of halogens is 2. The topological polar surface area (TPSA) is 30.8 Å². The molecule has 3 nitrogen and oxygen atoms in total. The molecule has 1 fully saturated rings. The Morgan fingerprint density at radius 1 is 0.745 bits per heavy atom. The molecule has 0 amide bonds. The van der Waals surface area contributed by atoms with E-state index in [0.29, 0.717) is 38.5 Å². The van der Waals surface area contributed by atoms with E-state index in [1.807, 2.05) is 100 Å². The van der Waals surface area contributed by atoms with Gasteiger partial charge in [-0.2, -0.15) is 0 Å². The van der Waals surface area contributed by atoms with E-state index >= 15 is 8.78 Å². The van der Waals surface area contributed by atoms with Crippen LogP contribution in [0.25, 0.3) is 10.8 Å². The number of rotatable bonds is 7. The summed E-state index contributed by atoms with van der Waals surface area (Å²) < 4.78 is 44.7. The second kappa shape index (κ2) is 13.1. The molecule has 0 saturated carbocycles. The van der Waals surface area contributed by atoms with Gasteiger partial charge in [0.15, 0.2) is 11.6 Å². The van der Waals surface area contributed by atoms with Crippen molar-refractivity contribution in [3.8, 4) is 11.5 Å². The van der Waals surface area contributed by atoms with Crippen molar-refractivity contribution in [1.29, 1.82) is 0 Å². The van der Waals surface area contributed by atoms with Crippen LogP contribution in [0.1, 0.15) is 85.9 Å². The van der Waals surface area contributed by atoms with Crippen molar-refractivity contribution in [2.75, 3.05) is 0 Å². The van der Waals surface area contributed by atoms with E-state index in [2.05, 4.69) is 53.0 Å². The molecule has 4 aromatic rings. The monoisotopic (exact) mass is 649 g/mol. The minimum absolute atomic E-state index is 0.0467. The molecule has 1 saturated heterocycles. The van der Waals surface area contributed by atoms with Crippen molar-refractivity contribution < 1.29 is 18.1 Å². The van der Waals surface area contributed by atoms with Crippen LogP contribution in [0.4, 0.5) is 14.5 Å². The molecule has 0 aliphatic carbocycles. The minimum Gasteiger partial charge on any atom is -0.399 e. The molecule has 0 aromatic heterocycles. The van der Waals surface area contributed by atoms with Gasteiger partial charge >= 0.3 is 7.12 Å². The Kier molecular flexibility index (Phi) is 9.72. The lowest BCUT2D eigenvalue weighted by Gasteiger charge is -2.38. The Labute approximate surface area is 281 Å². The van der Waals surface area contributed by atoms with E-state index in [9.17, 15) is 0 Å². The molecule has 7 heteroatoms. The van der Waals surface area contributed by atoms with Crippen molar-refractivity contribution >= 4 is 42.8 Å². The van der Waals surface area contributed by atoms with Crippen LogP contribution in [0.15, 0.2) is 83.9 Å². The quantitative estimate of drug-likeness (QED) is 0.113. The number of fused-ring (bicyclic) bond motifs is 1. The van der Waals surface area contributed by atoms with Gasteiger partial charge in [0.2, 0.25) is 0 Å². The maximum absolute atomic E-state index is 16.1. The molecule has 4 aromatic carbocycles. The van der Waals surface area contributed by atoms with E-state index in [-0.39, 0.29) is 5.56 Å². The van der Waals surface area contributed by atoms with Gasteiger partial charge in [-0.25, -0.2) is 13.8 Å². The van der Waals surface area contributed by atoms with Crippen molar-refractivity contribution in [2.24, 2.45) is 4.99 Å². The summed E-state index contributed by atoms with van der Waals surface area (Å²) in [6.45, 7) is 21.2. The molecule has 0 bridgehead atoms. The van der Waals surface area contributed by atoms with E-state index in [1.54, 1.807) is 0 Å². The molecule has 0 atom stereocenters. The second-order valence-electron chi connectivity index (χ2n) is 14.6. The zero-order chi connectivity index (χ0) is 34.3. The molecule has 1 aliphatic heterocycles. The summed E-state index contributed by atoms with van der Waals surface area (Å²) >= 11 is 0. The van der Waals surface area contributed by atoms with Gasteiger partial charge in [0.05, 0.1) is 28.2 Å². The highest BCUT2D eigenvalue weighted by Gasteiger charge is 2.52. The van der Waals surface area contributed by atoms with Gasteiger partial charge in [-0.05, 0) is 73.4 Å². The van der Waals surface area contributed by atoms with E-state index in [4.69, 9.17) is 14.3 Å². The fraction of sp³-hybridized carbons (Fsp3) is 0.375. The fourth-order valence-electron chi connectivity index (χ4n) is 7.06. The highest BCUT2D eigenvalue weighted by atomic mass is 28.3. The molecule has 5 rings (SSSR count). The molecular weight excluding hydrogens is 603 g/mol. The summed E-state index contributed by atoms with van der Waals surface area (Å²) in [5.74, 6) is 1.35. The molecule has 0 N–H and O–H groups in total. The SMILES string of the molecule is CC(C)[Si](C#Cc1c(F)c(F)cc2cc(N=C(c3ccccc3)c3ccccc3)cc(B3OC(C)(C)C(C)(C)O3)c12)(C(C)C)C(C)C. The number of hydrogen-bond donors (Lipinski definition) is 0. The normalized spacial score (nSPS) is 15.8. The largest absolute Gasteiger partial charge is 0.495 e. The predicted molar refractivity (Wildman–Crippen MR) is 196 cm³/mol. The first-order chi connectivity index (χ1) is 22.1. The number of hydrogen-bond acceptors (Lipinski definition) is 3. The second-order valence-corrected chi connectivity index (χ2v) is 20.2. The molecule has 0 unspecified atom stereocenters. The lowest BCUT2D eigenvalue weighted by atomic mass is 9.74. The highest BCUT2D eigenvalue weighted by molar-refractivity contribution is 6.90. The first-order valence-corrected chi connectivity index (χ1v) is 18.9. The van der Waals surface area contributed by atoms with Crippen molar-refractivity contribution in [1.82, 2.24) is 0 Å². The van der Waals surface area contributed by atoms with Gasteiger partial charge in [0, 0.05) is 16.5 Å². The summed E-state index contributed by atoms with van der Waals surface area (Å²) in [5, 5.41) is 0.986. The first kappa shape index (κ1) is 34.8. The van der Waals surface area contributed by atoms with Crippen molar-refractivity contribution in [3.63, 3.8) is 0 Å². The Hall–Kier alpha value is -3.57. The third kappa shape index (κ3) is 6.48. The van der Waals surface area contributed by atoms with Crippen LogP contribution in [-0.2, 0) is 9.31 Å². The summed E-state index contributed by atoms with van der Waals surface area (Å²) in [6.07, 6.45) is 0. The first-order valence-electron chi connectivity index (χ1n) is 16.6. The minimum atomic E-state index is -2.28. The Bertz CT molecular complexity index is 1780. The predicted octanol–water partition coefficient (Wildman–Crippen LogP) is 10.2.